The number of aryl methyl sites for hydroxylation is 1. The Bertz CT molecular complexity index is 2150. The van der Waals surface area contributed by atoms with E-state index in [2.05, 4.69) is 15.4 Å². The van der Waals surface area contributed by atoms with Crippen molar-refractivity contribution < 1.29 is 46.5 Å². The average molecular weight is 836 g/mol. The van der Waals surface area contributed by atoms with Crippen molar-refractivity contribution in [2.24, 2.45) is 11.8 Å². The largest absolute Gasteiger partial charge is 0.497 e. The molecule has 2 aromatic rings. The van der Waals surface area contributed by atoms with Gasteiger partial charge in [0.25, 0.3) is 5.91 Å². The van der Waals surface area contributed by atoms with Gasteiger partial charge < -0.3 is 34.5 Å². The molecule has 1 aromatic carbocycles. The summed E-state index contributed by atoms with van der Waals surface area (Å²) < 4.78 is 51.4. The van der Waals surface area contributed by atoms with Gasteiger partial charge in [0.15, 0.2) is 0 Å². The molecule has 4 amide bonds. The van der Waals surface area contributed by atoms with Gasteiger partial charge in [-0.3, -0.25) is 19.1 Å². The molecule has 15 nitrogen and oxygen atoms in total. The molecule has 4 aliphatic heterocycles. The number of methoxy groups -OCH3 is 1. The van der Waals surface area contributed by atoms with Crippen molar-refractivity contribution in [1.82, 2.24) is 25.2 Å². The van der Waals surface area contributed by atoms with Crippen LogP contribution in [0.15, 0.2) is 30.4 Å². The SMILES string of the molecule is COc1ccc2nc(C(C)C)c3c(c2c1)CC[C@]1(C[C@H]2C(=O)N[C@]4(C(=O)NS(=O)(=O)C5(C)CC5)CC[C@H]4/C=C\CCCCC[C@H](NC(=O)OCC4COC4)C(=O)N2C1)O3. The molecule has 2 saturated carbocycles. The van der Waals surface area contributed by atoms with Gasteiger partial charge in [-0.2, -0.15) is 0 Å². The highest BCUT2D eigenvalue weighted by atomic mass is 32.2. The summed E-state index contributed by atoms with van der Waals surface area (Å²) in [7, 11) is -2.40. The van der Waals surface area contributed by atoms with Crippen LogP contribution in [-0.4, -0.2) is 104 Å². The molecule has 1 spiro atoms. The number of pyridine rings is 1. The van der Waals surface area contributed by atoms with E-state index in [1.807, 2.05) is 44.2 Å². The summed E-state index contributed by atoms with van der Waals surface area (Å²) >= 11 is 0. The zero-order chi connectivity index (χ0) is 41.7. The van der Waals surface area contributed by atoms with Crippen LogP contribution in [0.1, 0.15) is 109 Å². The molecule has 0 radical (unpaired) electrons. The van der Waals surface area contributed by atoms with Crippen LogP contribution in [0.2, 0.25) is 0 Å². The van der Waals surface area contributed by atoms with Crippen molar-refractivity contribution >= 4 is 44.7 Å². The molecule has 2 aliphatic carbocycles. The number of benzene rings is 1. The highest BCUT2D eigenvalue weighted by Crippen LogP contribution is 2.48. The predicted octanol–water partition coefficient (Wildman–Crippen LogP) is 4.56. The van der Waals surface area contributed by atoms with Gasteiger partial charge in [0, 0.05) is 29.2 Å². The van der Waals surface area contributed by atoms with Crippen molar-refractivity contribution in [2.45, 2.75) is 132 Å². The first kappa shape index (κ1) is 41.3. The third-order valence-electron chi connectivity index (χ3n) is 13.5. The Kier molecular flexibility index (Phi) is 11.1. The average Bonchev–Trinajstić information content (AvgIpc) is 3.85. The quantitative estimate of drug-likeness (QED) is 0.316. The maximum absolute atomic E-state index is 14.9. The fourth-order valence-electron chi connectivity index (χ4n) is 9.18. The van der Waals surface area contributed by atoms with Crippen LogP contribution in [0.3, 0.4) is 0 Å². The minimum absolute atomic E-state index is 0.00978. The van der Waals surface area contributed by atoms with Crippen molar-refractivity contribution in [1.29, 1.82) is 0 Å². The maximum Gasteiger partial charge on any atom is 0.407 e. The van der Waals surface area contributed by atoms with Gasteiger partial charge in [-0.1, -0.05) is 38.8 Å². The lowest BCUT2D eigenvalue weighted by Crippen LogP contribution is -2.70. The normalized spacial score (nSPS) is 29.9. The second-order valence-corrected chi connectivity index (χ2v) is 20.3. The lowest BCUT2D eigenvalue weighted by Gasteiger charge is -2.48. The van der Waals surface area contributed by atoms with Crippen LogP contribution in [0.5, 0.6) is 11.5 Å². The first-order valence-electron chi connectivity index (χ1n) is 21.2. The van der Waals surface area contributed by atoms with E-state index in [1.165, 1.54) is 4.90 Å². The molecular formula is C43H57N5O10S. The molecule has 16 heteroatoms. The van der Waals surface area contributed by atoms with Gasteiger partial charge in [0.2, 0.25) is 21.8 Å². The number of amides is 4. The molecule has 1 aromatic heterocycles. The van der Waals surface area contributed by atoms with Crippen molar-refractivity contribution in [3.05, 3.63) is 41.6 Å². The lowest BCUT2D eigenvalue weighted by molar-refractivity contribution is -0.144. The monoisotopic (exact) mass is 835 g/mol. The van der Waals surface area contributed by atoms with E-state index in [0.717, 1.165) is 35.0 Å². The Morgan fingerprint density at radius 1 is 1.08 bits per heavy atom. The van der Waals surface area contributed by atoms with Gasteiger partial charge in [0.05, 0.1) is 42.8 Å². The Labute approximate surface area is 345 Å². The molecule has 2 saturated heterocycles. The van der Waals surface area contributed by atoms with E-state index in [9.17, 15) is 27.6 Å². The van der Waals surface area contributed by atoms with Crippen LogP contribution in [0.4, 0.5) is 4.79 Å². The number of carbonyl (C=O) groups excluding carboxylic acids is 4. The van der Waals surface area contributed by atoms with Gasteiger partial charge in [-0.05, 0) is 88.8 Å². The number of nitrogens with one attached hydrogen (secondary N) is 3. The van der Waals surface area contributed by atoms with Gasteiger partial charge in [0.1, 0.15) is 41.3 Å². The van der Waals surface area contributed by atoms with E-state index in [4.69, 9.17) is 23.9 Å². The van der Waals surface area contributed by atoms with Crippen LogP contribution in [0, 0.1) is 11.8 Å². The van der Waals surface area contributed by atoms with E-state index in [0.29, 0.717) is 76.1 Å². The van der Waals surface area contributed by atoms with E-state index in [1.54, 1.807) is 14.0 Å². The van der Waals surface area contributed by atoms with Crippen molar-refractivity contribution in [3.8, 4) is 11.5 Å². The summed E-state index contributed by atoms with van der Waals surface area (Å²) in [6, 6.07) is 3.66. The zero-order valence-corrected chi connectivity index (χ0v) is 35.3. The van der Waals surface area contributed by atoms with E-state index < -0.39 is 67.7 Å². The molecule has 0 bridgehead atoms. The molecule has 59 heavy (non-hydrogen) atoms. The summed E-state index contributed by atoms with van der Waals surface area (Å²) in [5, 5.41) is 6.75. The maximum atomic E-state index is 14.9. The first-order valence-corrected chi connectivity index (χ1v) is 22.7. The standard InChI is InChI=1S/C43H57N5O10S/c1-26(2)35-36-30(31-20-29(55-4)12-13-32(31)44-35)15-16-42(58-36)21-34-37(49)46-43(39(51)47-59(53,54)41(3)18-19-41)17-14-28(43)10-8-6-5-7-9-11-33(38(50)48(34)25-42)45-40(52)57-24-27-22-56-23-27/h8,10,12-13,20,26-28,33-34H,5-7,9,11,14-19,21-25H2,1-4H3,(H,45,52)(H,46,49)(H,47,51)/b10-8-/t28-,33+,34+,42-,43-/m1/s1. The van der Waals surface area contributed by atoms with Crippen LogP contribution < -0.4 is 24.8 Å². The summed E-state index contributed by atoms with van der Waals surface area (Å²) in [4.78, 5) is 63.8. The molecule has 5 atom stereocenters. The number of hydrogen-bond acceptors (Lipinski definition) is 11. The topological polar surface area (TPSA) is 192 Å². The number of rotatable bonds is 8. The fourth-order valence-corrected chi connectivity index (χ4v) is 10.5. The van der Waals surface area contributed by atoms with Gasteiger partial charge in [-0.25, -0.2) is 18.2 Å². The third-order valence-corrected chi connectivity index (χ3v) is 15.7. The number of sulfonamides is 1. The molecular weight excluding hydrogens is 779 g/mol. The summed E-state index contributed by atoms with van der Waals surface area (Å²) in [6.07, 6.45) is 9.24. The Hall–Kier alpha value is -4.44. The highest BCUT2D eigenvalue weighted by Gasteiger charge is 2.59. The lowest BCUT2D eigenvalue weighted by atomic mass is 9.65. The molecule has 6 aliphatic rings. The minimum Gasteiger partial charge on any atom is -0.497 e. The number of nitrogens with zero attached hydrogens (tertiary/aromatic N) is 2. The minimum atomic E-state index is -4.01. The molecule has 8 rings (SSSR count). The number of hydrogen-bond donors (Lipinski definition) is 3. The summed E-state index contributed by atoms with van der Waals surface area (Å²) in [5.41, 5.74) is 0.00375. The third kappa shape index (κ3) is 7.86. The number of carbonyl (C=O) groups is 4. The molecule has 4 fully saturated rings. The number of alkyl carbamates (subject to hydrolysis) is 1. The summed E-state index contributed by atoms with van der Waals surface area (Å²) in [5.74, 6) is -0.860. The van der Waals surface area contributed by atoms with E-state index >= 15 is 0 Å². The Morgan fingerprint density at radius 3 is 2.56 bits per heavy atom. The van der Waals surface area contributed by atoms with Crippen LogP contribution in [0.25, 0.3) is 10.9 Å². The van der Waals surface area contributed by atoms with E-state index in [-0.39, 0.29) is 37.8 Å². The number of aromatic nitrogens is 1. The number of fused-ring (bicyclic) bond motifs is 5. The second kappa shape index (κ2) is 15.9. The fraction of sp³-hybridized carbons (Fsp3) is 0.651. The molecule has 320 valence electrons. The molecule has 3 N–H and O–H groups in total. The van der Waals surface area contributed by atoms with Gasteiger partial charge in [-0.15, -0.1) is 0 Å². The van der Waals surface area contributed by atoms with Crippen LogP contribution >= 0.6 is 0 Å². The summed E-state index contributed by atoms with van der Waals surface area (Å²) in [6.45, 7) is 6.91. The molecule has 0 unspecified atom stereocenters. The smallest absolute Gasteiger partial charge is 0.407 e. The first-order chi connectivity index (χ1) is 28.2. The zero-order valence-electron chi connectivity index (χ0n) is 34.5. The van der Waals surface area contributed by atoms with Crippen molar-refractivity contribution in [3.63, 3.8) is 0 Å². The molecule has 5 heterocycles. The second-order valence-electron chi connectivity index (χ2n) is 18.1. The Balaban J connectivity index is 1.15. The Morgan fingerprint density at radius 2 is 1.88 bits per heavy atom. The number of ether oxygens (including phenoxy) is 4. The van der Waals surface area contributed by atoms with Crippen molar-refractivity contribution in [2.75, 3.05) is 33.5 Å². The number of allylic oxidation sites excluding steroid dienone is 1. The highest BCUT2D eigenvalue weighted by molar-refractivity contribution is 7.91. The van der Waals surface area contributed by atoms with Crippen LogP contribution in [-0.2, 0) is 40.3 Å². The van der Waals surface area contributed by atoms with Gasteiger partial charge >= 0.3 is 6.09 Å². The predicted molar refractivity (Wildman–Crippen MR) is 217 cm³/mol.